The topological polar surface area (TPSA) is 228 Å². The molecule has 1 fully saturated rings. The van der Waals surface area contributed by atoms with Gasteiger partial charge >= 0.3 is 0 Å². The highest BCUT2D eigenvalue weighted by Crippen LogP contribution is 2.40. The van der Waals surface area contributed by atoms with Gasteiger partial charge in [0.2, 0.25) is 23.6 Å². The number of aromatic nitrogens is 4. The number of aliphatic hydroxyl groups excluding tert-OH is 1. The SMILES string of the molecule is Cc1ncsc1-c1ccc(CNC(=O)C2CC(O)CN2C(=O)C(NC(=O)COCCc2cc(N)cc(OCCNC(=O)CC3N=C(c4ccc(Cl)cc4)c4c(sc(C)c4C)-n4c(C)nnc43)c2)C(C)(C)C)cc1. The van der Waals surface area contributed by atoms with Gasteiger partial charge in [-0.3, -0.25) is 28.7 Å². The molecule has 0 saturated carbocycles. The number of anilines is 1. The number of aliphatic hydroxyl groups is 1. The van der Waals surface area contributed by atoms with Crippen LogP contribution in [0.3, 0.4) is 0 Å². The molecule has 20 heteroatoms. The van der Waals surface area contributed by atoms with Crippen molar-refractivity contribution in [1.29, 1.82) is 0 Å². The van der Waals surface area contributed by atoms with E-state index in [4.69, 9.17) is 31.8 Å². The summed E-state index contributed by atoms with van der Waals surface area (Å²) in [4.78, 5) is 67.5. The number of benzene rings is 3. The summed E-state index contributed by atoms with van der Waals surface area (Å²) in [6, 6.07) is 18.2. The average molecular weight is 1050 g/mol. The predicted octanol–water partition coefficient (Wildman–Crippen LogP) is 6.77. The Morgan fingerprint density at radius 2 is 1.67 bits per heavy atom. The number of nitrogens with two attached hydrogens (primary N) is 1. The molecule has 4 unspecified atom stereocenters. The number of aryl methyl sites for hydroxylation is 3. The fourth-order valence-corrected chi connectivity index (χ4v) is 11.1. The molecule has 0 radical (unpaired) electrons. The number of nitrogens with zero attached hydrogens (tertiary/aromatic N) is 6. The van der Waals surface area contributed by atoms with Gasteiger partial charge in [-0.2, -0.15) is 0 Å². The zero-order valence-electron chi connectivity index (χ0n) is 42.0. The molecule has 73 heavy (non-hydrogen) atoms. The van der Waals surface area contributed by atoms with E-state index < -0.39 is 41.5 Å². The Morgan fingerprint density at radius 1 is 0.932 bits per heavy atom. The fourth-order valence-electron chi connectivity index (χ4n) is 8.99. The van der Waals surface area contributed by atoms with E-state index in [1.54, 1.807) is 34.8 Å². The van der Waals surface area contributed by atoms with Crippen molar-refractivity contribution < 1.29 is 33.8 Å². The van der Waals surface area contributed by atoms with Crippen LogP contribution in [0.4, 0.5) is 5.69 Å². The molecule has 5 heterocycles. The fraction of sp³-hybridized carbons (Fsp3) is 0.396. The normalized spacial score (nSPS) is 16.8. The van der Waals surface area contributed by atoms with Crippen LogP contribution in [0, 0.1) is 33.1 Å². The van der Waals surface area contributed by atoms with E-state index in [1.807, 2.05) is 99.3 Å². The number of likely N-dealkylation sites (tertiary alicyclic amines) is 1. The molecule has 1 saturated heterocycles. The van der Waals surface area contributed by atoms with Crippen molar-refractivity contribution >= 4 is 69.3 Å². The second-order valence-corrected chi connectivity index (χ2v) is 22.0. The standard InChI is InChI=1S/C53H61ClN10O7S2/c1-29-31(3)73-52-45(29)46(35-12-14-37(54)15-13-35)59-41(49-62-61-32(4)64(49)52)24-43(66)56-17-19-71-40-21-34(20-38(55)22-40)16-18-70-27-44(67)60-48(53(5,6)7)51(69)63-26-39(65)23-42(63)50(68)57-25-33-8-10-36(11-9-33)47-30(2)58-28-72-47/h8-15,20-22,28,39,41-42,48,65H,16-19,23-27,55H2,1-7H3,(H,56,66)(H,57,68)(H,60,67). The highest BCUT2D eigenvalue weighted by atomic mass is 35.5. The van der Waals surface area contributed by atoms with E-state index in [1.165, 1.54) is 4.90 Å². The number of hydrogen-bond acceptors (Lipinski definition) is 14. The summed E-state index contributed by atoms with van der Waals surface area (Å²) in [5, 5.41) is 29.8. The first kappa shape index (κ1) is 52.8. The van der Waals surface area contributed by atoms with Crippen molar-refractivity contribution in [1.82, 2.24) is 40.6 Å². The second kappa shape index (κ2) is 22.7. The van der Waals surface area contributed by atoms with Crippen molar-refractivity contribution in [2.45, 2.75) is 98.5 Å². The van der Waals surface area contributed by atoms with Gasteiger partial charge in [0, 0.05) is 52.3 Å². The minimum atomic E-state index is -1.00. The van der Waals surface area contributed by atoms with Crippen LogP contribution in [0.5, 0.6) is 5.75 Å². The third-order valence-corrected chi connectivity index (χ3v) is 15.3. The molecule has 0 bridgehead atoms. The number of rotatable bonds is 18. The van der Waals surface area contributed by atoms with Crippen LogP contribution in [0.25, 0.3) is 15.4 Å². The summed E-state index contributed by atoms with van der Waals surface area (Å²) < 4.78 is 13.8. The molecule has 2 aliphatic heterocycles. The molecular weight excluding hydrogens is 988 g/mol. The number of amides is 4. The number of nitrogen functional groups attached to an aromatic ring is 1. The first-order chi connectivity index (χ1) is 34.8. The third kappa shape index (κ3) is 12.5. The Morgan fingerprint density at radius 3 is 2.38 bits per heavy atom. The lowest BCUT2D eigenvalue weighted by atomic mass is 9.85. The Bertz CT molecular complexity index is 3020. The number of thiophene rings is 1. The highest BCUT2D eigenvalue weighted by Gasteiger charge is 2.44. The maximum Gasteiger partial charge on any atom is 0.246 e. The van der Waals surface area contributed by atoms with Crippen LogP contribution in [0.1, 0.15) is 89.7 Å². The number of carbonyl (C=O) groups excluding carboxylic acids is 4. The summed E-state index contributed by atoms with van der Waals surface area (Å²) in [7, 11) is 0. The van der Waals surface area contributed by atoms with Gasteiger partial charge in [-0.25, -0.2) is 4.98 Å². The number of halogens is 1. The van der Waals surface area contributed by atoms with Gasteiger partial charge in [-0.15, -0.1) is 32.9 Å². The second-order valence-electron chi connectivity index (χ2n) is 19.5. The molecule has 4 atom stereocenters. The van der Waals surface area contributed by atoms with Crippen molar-refractivity contribution in [3.8, 4) is 21.2 Å². The van der Waals surface area contributed by atoms with E-state index in [0.717, 1.165) is 59.5 Å². The van der Waals surface area contributed by atoms with Gasteiger partial charge < -0.3 is 41.2 Å². The molecule has 3 aromatic carbocycles. The first-order valence-corrected chi connectivity index (χ1v) is 26.2. The lowest BCUT2D eigenvalue weighted by Crippen LogP contribution is -2.58. The summed E-state index contributed by atoms with van der Waals surface area (Å²) in [5.74, 6) is 0.212. The molecule has 0 aliphatic carbocycles. The molecule has 17 nitrogen and oxygen atoms in total. The molecule has 0 spiro atoms. The average Bonchev–Trinajstić information content (AvgIpc) is 4.12. The molecular formula is C53H61ClN10O7S2. The quantitative estimate of drug-likeness (QED) is 0.0446. The molecule has 2 aliphatic rings. The summed E-state index contributed by atoms with van der Waals surface area (Å²) >= 11 is 9.47. The first-order valence-electron chi connectivity index (χ1n) is 24.1. The Labute approximate surface area is 437 Å². The molecule has 3 aromatic heterocycles. The summed E-state index contributed by atoms with van der Waals surface area (Å²) in [5.41, 5.74) is 15.2. The largest absolute Gasteiger partial charge is 0.492 e. The number of ether oxygens (including phenoxy) is 2. The Kier molecular flexibility index (Phi) is 16.4. The monoisotopic (exact) mass is 1050 g/mol. The third-order valence-electron chi connectivity index (χ3n) is 12.9. The van der Waals surface area contributed by atoms with Gasteiger partial charge in [-0.05, 0) is 86.1 Å². The van der Waals surface area contributed by atoms with E-state index in [2.05, 4.69) is 45.0 Å². The zero-order valence-corrected chi connectivity index (χ0v) is 44.3. The molecule has 6 aromatic rings. The van der Waals surface area contributed by atoms with E-state index >= 15 is 0 Å². The number of aliphatic imine (C=N–C) groups is 1. The maximum atomic E-state index is 14.1. The maximum absolute atomic E-state index is 14.1. The number of thiazole rings is 1. The Balaban J connectivity index is 0.802. The lowest BCUT2D eigenvalue weighted by Gasteiger charge is -2.35. The lowest BCUT2D eigenvalue weighted by molar-refractivity contribution is -0.144. The van der Waals surface area contributed by atoms with Crippen molar-refractivity contribution in [2.24, 2.45) is 10.4 Å². The van der Waals surface area contributed by atoms with Gasteiger partial charge in [0.1, 0.15) is 47.9 Å². The zero-order chi connectivity index (χ0) is 52.1. The molecule has 6 N–H and O–H groups in total. The van der Waals surface area contributed by atoms with Crippen LogP contribution in [-0.2, 0) is 36.9 Å². The van der Waals surface area contributed by atoms with Crippen molar-refractivity contribution in [2.75, 3.05) is 38.6 Å². The number of carbonyl (C=O) groups is 4. The minimum Gasteiger partial charge on any atom is -0.492 e. The van der Waals surface area contributed by atoms with Crippen molar-refractivity contribution in [3.63, 3.8) is 0 Å². The van der Waals surface area contributed by atoms with Gasteiger partial charge in [-0.1, -0.05) is 68.8 Å². The number of nitrogens with one attached hydrogen (secondary N) is 3. The van der Waals surface area contributed by atoms with Crippen LogP contribution in [0.15, 0.2) is 77.2 Å². The van der Waals surface area contributed by atoms with E-state index in [9.17, 15) is 24.3 Å². The van der Waals surface area contributed by atoms with Crippen LogP contribution >= 0.6 is 34.3 Å². The number of β-amino-alcohol motifs (C(OH)–C–C–N with tert-alkyl or cyclic N) is 1. The minimum absolute atomic E-state index is 0.0315. The molecule has 4 amide bonds. The smallest absolute Gasteiger partial charge is 0.246 e. The van der Waals surface area contributed by atoms with Crippen molar-refractivity contribution in [3.05, 3.63) is 127 Å². The van der Waals surface area contributed by atoms with E-state index in [-0.39, 0.29) is 64.1 Å². The molecule has 384 valence electrons. The van der Waals surface area contributed by atoms with Crippen LogP contribution < -0.4 is 26.4 Å². The predicted molar refractivity (Wildman–Crippen MR) is 283 cm³/mol. The van der Waals surface area contributed by atoms with Gasteiger partial charge in [0.25, 0.3) is 0 Å². The van der Waals surface area contributed by atoms with Gasteiger partial charge in [0.05, 0.1) is 47.5 Å². The number of fused-ring (bicyclic) bond motifs is 3. The Hall–Kier alpha value is -6.51. The summed E-state index contributed by atoms with van der Waals surface area (Å²) in [6.07, 6.45) is -0.381. The van der Waals surface area contributed by atoms with Crippen LogP contribution in [-0.4, -0.2) is 110 Å². The van der Waals surface area contributed by atoms with Gasteiger partial charge in [0.15, 0.2) is 5.82 Å². The van der Waals surface area contributed by atoms with Crippen LogP contribution in [0.2, 0.25) is 5.02 Å². The molecule has 8 rings (SSSR count). The summed E-state index contributed by atoms with van der Waals surface area (Å²) in [6.45, 7) is 13.9. The van der Waals surface area contributed by atoms with E-state index in [0.29, 0.717) is 34.5 Å². The highest BCUT2D eigenvalue weighted by molar-refractivity contribution is 7.15. The number of hydrogen-bond donors (Lipinski definition) is 5.